The van der Waals surface area contributed by atoms with Crippen molar-refractivity contribution < 1.29 is 9.18 Å². The second kappa shape index (κ2) is 6.47. The zero-order valence-electron chi connectivity index (χ0n) is 12.9. The number of rotatable bonds is 5. The molecule has 23 heavy (non-hydrogen) atoms. The fraction of sp³-hybridized carbons (Fsp3) is 0.250. The number of amides is 1. The minimum absolute atomic E-state index is 0.124. The molecule has 0 saturated carbocycles. The number of imidazole rings is 1. The molecular weight excluding hydrogens is 315 g/mol. The number of fused-ring (bicyclic) bond motifs is 1. The molecule has 0 aliphatic rings. The standard InChI is InChI=1S/C16H17FN4OS/c1-20(2)8-7-18-15(22)14-10-23-16-19-13(9-21(14)16)11-3-5-12(17)6-4-11/h3-6,9-10H,7-8H2,1-2H3,(H,18,22). The summed E-state index contributed by atoms with van der Waals surface area (Å²) in [5.74, 6) is -0.406. The Kier molecular flexibility index (Phi) is 4.40. The van der Waals surface area contributed by atoms with E-state index in [2.05, 4.69) is 10.3 Å². The number of hydrogen-bond donors (Lipinski definition) is 1. The van der Waals surface area contributed by atoms with Crippen molar-refractivity contribution in [1.82, 2.24) is 19.6 Å². The molecule has 0 bridgehead atoms. The van der Waals surface area contributed by atoms with Gasteiger partial charge in [0.25, 0.3) is 5.91 Å². The Balaban J connectivity index is 1.83. The van der Waals surface area contributed by atoms with E-state index in [0.717, 1.165) is 22.8 Å². The first-order valence-electron chi connectivity index (χ1n) is 7.20. The highest BCUT2D eigenvalue weighted by Crippen LogP contribution is 2.23. The van der Waals surface area contributed by atoms with E-state index < -0.39 is 0 Å². The highest BCUT2D eigenvalue weighted by atomic mass is 32.1. The van der Waals surface area contributed by atoms with Crippen molar-refractivity contribution in [2.45, 2.75) is 0 Å². The lowest BCUT2D eigenvalue weighted by Gasteiger charge is -2.09. The molecule has 0 fully saturated rings. The van der Waals surface area contributed by atoms with Crippen molar-refractivity contribution in [3.63, 3.8) is 0 Å². The van der Waals surface area contributed by atoms with Crippen molar-refractivity contribution in [2.24, 2.45) is 0 Å². The number of carbonyl (C=O) groups excluding carboxylic acids is 1. The SMILES string of the molecule is CN(C)CCNC(=O)c1csc2nc(-c3ccc(F)cc3)cn12. The molecular formula is C16H17FN4OS. The van der Waals surface area contributed by atoms with Gasteiger partial charge in [0.15, 0.2) is 4.96 Å². The number of carbonyl (C=O) groups is 1. The van der Waals surface area contributed by atoms with Crippen LogP contribution in [-0.4, -0.2) is 47.4 Å². The molecule has 1 amide bonds. The monoisotopic (exact) mass is 332 g/mol. The largest absolute Gasteiger partial charge is 0.349 e. The summed E-state index contributed by atoms with van der Waals surface area (Å²) in [5, 5.41) is 4.69. The minimum atomic E-state index is -0.282. The van der Waals surface area contributed by atoms with E-state index in [-0.39, 0.29) is 11.7 Å². The number of thiazole rings is 1. The molecule has 0 radical (unpaired) electrons. The number of aromatic nitrogens is 2. The van der Waals surface area contributed by atoms with Gasteiger partial charge in [0, 0.05) is 30.2 Å². The molecule has 2 heterocycles. The Morgan fingerprint density at radius 2 is 2.09 bits per heavy atom. The van der Waals surface area contributed by atoms with Crippen molar-refractivity contribution in [2.75, 3.05) is 27.2 Å². The highest BCUT2D eigenvalue weighted by molar-refractivity contribution is 7.15. The molecule has 0 aliphatic heterocycles. The molecule has 1 N–H and O–H groups in total. The van der Waals surface area contributed by atoms with Crippen LogP contribution >= 0.6 is 11.3 Å². The second-order valence-electron chi connectivity index (χ2n) is 5.47. The van der Waals surface area contributed by atoms with E-state index in [1.54, 1.807) is 28.1 Å². The maximum absolute atomic E-state index is 13.0. The van der Waals surface area contributed by atoms with Gasteiger partial charge >= 0.3 is 0 Å². The molecule has 0 unspecified atom stereocenters. The van der Waals surface area contributed by atoms with Gasteiger partial charge in [-0.15, -0.1) is 11.3 Å². The molecule has 3 aromatic rings. The summed E-state index contributed by atoms with van der Waals surface area (Å²) in [6.45, 7) is 1.37. The van der Waals surface area contributed by atoms with Gasteiger partial charge in [-0.2, -0.15) is 0 Å². The van der Waals surface area contributed by atoms with E-state index in [1.807, 2.05) is 19.0 Å². The summed E-state index contributed by atoms with van der Waals surface area (Å²) in [5.41, 5.74) is 2.10. The zero-order valence-corrected chi connectivity index (χ0v) is 13.7. The maximum atomic E-state index is 13.0. The Labute approximate surface area is 137 Å². The summed E-state index contributed by atoms with van der Waals surface area (Å²) in [7, 11) is 3.92. The van der Waals surface area contributed by atoms with Crippen LogP contribution in [0.25, 0.3) is 16.2 Å². The van der Waals surface area contributed by atoms with Gasteiger partial charge < -0.3 is 10.2 Å². The van der Waals surface area contributed by atoms with Crippen LogP contribution in [0.3, 0.4) is 0 Å². The first-order valence-corrected chi connectivity index (χ1v) is 8.08. The molecule has 2 aromatic heterocycles. The van der Waals surface area contributed by atoms with Crippen molar-refractivity contribution in [3.8, 4) is 11.3 Å². The average Bonchev–Trinajstić information content (AvgIpc) is 3.07. The fourth-order valence-electron chi connectivity index (χ4n) is 2.19. The third-order valence-corrected chi connectivity index (χ3v) is 4.27. The van der Waals surface area contributed by atoms with Gasteiger partial charge in [0.2, 0.25) is 0 Å². The molecule has 0 aliphatic carbocycles. The number of halogens is 1. The molecule has 1 aromatic carbocycles. The molecule has 0 spiro atoms. The topological polar surface area (TPSA) is 49.6 Å². The Bertz CT molecular complexity index is 822. The molecule has 7 heteroatoms. The van der Waals surface area contributed by atoms with Crippen molar-refractivity contribution >= 4 is 22.2 Å². The lowest BCUT2D eigenvalue weighted by atomic mass is 10.2. The summed E-state index contributed by atoms with van der Waals surface area (Å²) >= 11 is 1.41. The summed E-state index contributed by atoms with van der Waals surface area (Å²) in [6, 6.07) is 6.16. The number of nitrogens with zero attached hydrogens (tertiary/aromatic N) is 3. The Morgan fingerprint density at radius 3 is 2.78 bits per heavy atom. The highest BCUT2D eigenvalue weighted by Gasteiger charge is 2.15. The van der Waals surface area contributed by atoms with Crippen LogP contribution in [0.2, 0.25) is 0 Å². The lowest BCUT2D eigenvalue weighted by Crippen LogP contribution is -2.31. The predicted octanol–water partition coefficient (Wildman–Crippen LogP) is 2.49. The number of likely N-dealkylation sites (N-methyl/N-ethyl adjacent to an activating group) is 1. The minimum Gasteiger partial charge on any atom is -0.349 e. The summed E-state index contributed by atoms with van der Waals surface area (Å²) in [6.07, 6.45) is 1.81. The predicted molar refractivity (Wildman–Crippen MR) is 89.4 cm³/mol. The van der Waals surface area contributed by atoms with Crippen LogP contribution in [0.4, 0.5) is 4.39 Å². The third-order valence-electron chi connectivity index (χ3n) is 3.43. The van der Waals surface area contributed by atoms with Crippen LogP contribution < -0.4 is 5.32 Å². The Morgan fingerprint density at radius 1 is 1.35 bits per heavy atom. The van der Waals surface area contributed by atoms with Gasteiger partial charge in [-0.25, -0.2) is 9.37 Å². The zero-order chi connectivity index (χ0) is 16.4. The van der Waals surface area contributed by atoms with Crippen LogP contribution in [0.1, 0.15) is 10.5 Å². The van der Waals surface area contributed by atoms with Gasteiger partial charge in [0.1, 0.15) is 11.5 Å². The van der Waals surface area contributed by atoms with Crippen molar-refractivity contribution in [3.05, 3.63) is 47.4 Å². The first-order chi connectivity index (χ1) is 11.0. The number of benzene rings is 1. The van der Waals surface area contributed by atoms with Crippen LogP contribution in [-0.2, 0) is 0 Å². The molecule has 0 atom stereocenters. The first kappa shape index (κ1) is 15.6. The normalized spacial score (nSPS) is 11.3. The van der Waals surface area contributed by atoms with Gasteiger partial charge in [-0.3, -0.25) is 9.20 Å². The molecule has 0 saturated heterocycles. The summed E-state index contributed by atoms with van der Waals surface area (Å²) < 4.78 is 14.8. The number of nitrogens with one attached hydrogen (secondary N) is 1. The smallest absolute Gasteiger partial charge is 0.269 e. The third kappa shape index (κ3) is 3.40. The second-order valence-corrected chi connectivity index (χ2v) is 6.30. The van der Waals surface area contributed by atoms with Gasteiger partial charge in [-0.05, 0) is 38.4 Å². The van der Waals surface area contributed by atoms with E-state index in [0.29, 0.717) is 12.2 Å². The Hall–Kier alpha value is -2.25. The quantitative estimate of drug-likeness (QED) is 0.781. The van der Waals surface area contributed by atoms with Gasteiger partial charge in [-0.1, -0.05) is 0 Å². The van der Waals surface area contributed by atoms with Crippen molar-refractivity contribution in [1.29, 1.82) is 0 Å². The molecule has 3 rings (SSSR count). The van der Waals surface area contributed by atoms with Crippen LogP contribution in [0.5, 0.6) is 0 Å². The van der Waals surface area contributed by atoms with Crippen LogP contribution in [0.15, 0.2) is 35.8 Å². The van der Waals surface area contributed by atoms with E-state index in [1.165, 1.54) is 23.5 Å². The van der Waals surface area contributed by atoms with Gasteiger partial charge in [0.05, 0.1) is 5.69 Å². The van der Waals surface area contributed by atoms with E-state index >= 15 is 0 Å². The summed E-state index contributed by atoms with van der Waals surface area (Å²) in [4.78, 5) is 19.5. The van der Waals surface area contributed by atoms with Crippen LogP contribution in [0, 0.1) is 5.82 Å². The maximum Gasteiger partial charge on any atom is 0.269 e. The number of hydrogen-bond acceptors (Lipinski definition) is 4. The van der Waals surface area contributed by atoms with E-state index in [4.69, 9.17) is 0 Å². The van der Waals surface area contributed by atoms with E-state index in [9.17, 15) is 9.18 Å². The average molecular weight is 332 g/mol. The molecule has 5 nitrogen and oxygen atoms in total. The molecule has 120 valence electrons. The lowest BCUT2D eigenvalue weighted by molar-refractivity contribution is 0.0945. The fourth-order valence-corrected chi connectivity index (χ4v) is 3.04.